The summed E-state index contributed by atoms with van der Waals surface area (Å²) in [6.07, 6.45) is 2.11. The van der Waals surface area contributed by atoms with Gasteiger partial charge in [-0.25, -0.2) is 0 Å². The highest BCUT2D eigenvalue weighted by molar-refractivity contribution is 5.96. The first kappa shape index (κ1) is 15.3. The highest BCUT2D eigenvalue weighted by Gasteiger charge is 2.15. The Bertz CT molecular complexity index is 427. The quantitative estimate of drug-likeness (QED) is 0.776. The van der Waals surface area contributed by atoms with E-state index in [0.29, 0.717) is 23.8 Å². The predicted octanol–water partition coefficient (Wildman–Crippen LogP) is 2.64. The normalized spacial score (nSPS) is 10.6. The van der Waals surface area contributed by atoms with Crippen LogP contribution in [-0.2, 0) is 0 Å². The van der Waals surface area contributed by atoms with Crippen LogP contribution in [0.1, 0.15) is 44.0 Å². The molecule has 0 unspecified atom stereocenters. The summed E-state index contributed by atoms with van der Waals surface area (Å²) in [5.74, 6) is -0.0540. The number of hydrogen-bond donors (Lipinski definition) is 2. The van der Waals surface area contributed by atoms with E-state index in [1.165, 1.54) is 0 Å². The molecule has 1 rings (SSSR count). The smallest absolute Gasteiger partial charge is 0.251 e. The van der Waals surface area contributed by atoms with Gasteiger partial charge in [0.1, 0.15) is 0 Å². The molecular formula is C15H25N3O. The maximum Gasteiger partial charge on any atom is 0.251 e. The van der Waals surface area contributed by atoms with Crippen LogP contribution in [0.4, 0.5) is 11.4 Å². The molecule has 0 spiro atoms. The minimum Gasteiger partial charge on any atom is -0.397 e. The van der Waals surface area contributed by atoms with Crippen molar-refractivity contribution in [2.45, 2.75) is 39.7 Å². The number of nitrogens with two attached hydrogens (primary N) is 1. The first-order valence-electron chi connectivity index (χ1n) is 6.95. The maximum absolute atomic E-state index is 11.9. The third kappa shape index (κ3) is 3.63. The lowest BCUT2D eigenvalue weighted by Gasteiger charge is -2.29. The van der Waals surface area contributed by atoms with E-state index in [1.807, 2.05) is 20.0 Å². The number of anilines is 2. The molecule has 0 aliphatic rings. The summed E-state index contributed by atoms with van der Waals surface area (Å²) in [6, 6.07) is 5.88. The molecule has 0 radical (unpaired) electrons. The summed E-state index contributed by atoms with van der Waals surface area (Å²) in [6.45, 7) is 6.86. The van der Waals surface area contributed by atoms with Gasteiger partial charge in [-0.05, 0) is 38.0 Å². The number of amides is 1. The number of hydrogen-bond acceptors (Lipinski definition) is 3. The van der Waals surface area contributed by atoms with Crippen molar-refractivity contribution in [2.24, 2.45) is 0 Å². The monoisotopic (exact) mass is 263 g/mol. The van der Waals surface area contributed by atoms with E-state index >= 15 is 0 Å². The Hall–Kier alpha value is -1.71. The zero-order valence-corrected chi connectivity index (χ0v) is 12.4. The van der Waals surface area contributed by atoms with Gasteiger partial charge in [-0.2, -0.15) is 0 Å². The number of benzene rings is 1. The van der Waals surface area contributed by atoms with Crippen LogP contribution >= 0.6 is 0 Å². The molecule has 1 amide bonds. The minimum atomic E-state index is -0.0540. The minimum absolute atomic E-state index is 0.0540. The molecule has 0 aromatic heterocycles. The summed E-state index contributed by atoms with van der Waals surface area (Å²) >= 11 is 0. The number of nitrogens with zero attached hydrogens (tertiary/aromatic N) is 1. The molecule has 0 bridgehead atoms. The number of carbonyl (C=O) groups is 1. The first-order valence-corrected chi connectivity index (χ1v) is 6.95. The standard InChI is InChI=1S/C15H25N3O/c1-5-12(6-2)18(4)14-10-11(8-9-13(14)16)15(19)17-7-3/h8-10,12H,5-7,16H2,1-4H3,(H,17,19). The summed E-state index contributed by atoms with van der Waals surface area (Å²) in [5.41, 5.74) is 8.33. The van der Waals surface area contributed by atoms with Crippen LogP contribution < -0.4 is 16.0 Å². The number of carbonyl (C=O) groups excluding carboxylic acids is 1. The molecule has 4 heteroatoms. The molecule has 106 valence electrons. The Kier molecular flexibility index (Phi) is 5.67. The van der Waals surface area contributed by atoms with E-state index < -0.39 is 0 Å². The van der Waals surface area contributed by atoms with Gasteiger partial charge < -0.3 is 16.0 Å². The summed E-state index contributed by atoms with van der Waals surface area (Å²) in [7, 11) is 2.03. The molecule has 0 saturated carbocycles. The average Bonchev–Trinajstić information content (AvgIpc) is 2.40. The number of rotatable bonds is 6. The van der Waals surface area contributed by atoms with Crippen molar-refractivity contribution < 1.29 is 4.79 Å². The molecule has 0 heterocycles. The zero-order chi connectivity index (χ0) is 14.4. The fourth-order valence-electron chi connectivity index (χ4n) is 2.29. The Morgan fingerprint density at radius 1 is 1.32 bits per heavy atom. The Balaban J connectivity index is 3.06. The van der Waals surface area contributed by atoms with E-state index in [0.717, 1.165) is 18.5 Å². The second-order valence-electron chi connectivity index (χ2n) is 4.71. The van der Waals surface area contributed by atoms with Gasteiger partial charge in [0, 0.05) is 25.2 Å². The second kappa shape index (κ2) is 7.02. The summed E-state index contributed by atoms with van der Waals surface area (Å²) in [4.78, 5) is 14.0. The fourth-order valence-corrected chi connectivity index (χ4v) is 2.29. The van der Waals surface area contributed by atoms with Crippen molar-refractivity contribution in [3.8, 4) is 0 Å². The molecule has 0 atom stereocenters. The van der Waals surface area contributed by atoms with E-state index in [9.17, 15) is 4.79 Å². The molecule has 0 fully saturated rings. The number of nitrogens with one attached hydrogen (secondary N) is 1. The van der Waals surface area contributed by atoms with Gasteiger partial charge in [-0.15, -0.1) is 0 Å². The average molecular weight is 263 g/mol. The van der Waals surface area contributed by atoms with Crippen LogP contribution in [0, 0.1) is 0 Å². The van der Waals surface area contributed by atoms with Crippen LogP contribution in [0.15, 0.2) is 18.2 Å². The van der Waals surface area contributed by atoms with E-state index in [1.54, 1.807) is 12.1 Å². The van der Waals surface area contributed by atoms with Gasteiger partial charge in [0.2, 0.25) is 0 Å². The second-order valence-corrected chi connectivity index (χ2v) is 4.71. The lowest BCUT2D eigenvalue weighted by Crippen LogP contribution is -2.31. The molecule has 1 aromatic carbocycles. The lowest BCUT2D eigenvalue weighted by atomic mass is 10.1. The van der Waals surface area contributed by atoms with Gasteiger partial charge in [-0.1, -0.05) is 13.8 Å². The molecular weight excluding hydrogens is 238 g/mol. The fraction of sp³-hybridized carbons (Fsp3) is 0.533. The van der Waals surface area contributed by atoms with Gasteiger partial charge in [0.15, 0.2) is 0 Å². The van der Waals surface area contributed by atoms with E-state index in [-0.39, 0.29) is 5.91 Å². The third-order valence-corrected chi connectivity index (χ3v) is 3.50. The van der Waals surface area contributed by atoms with Gasteiger partial charge >= 0.3 is 0 Å². The number of nitrogen functional groups attached to an aromatic ring is 1. The Morgan fingerprint density at radius 3 is 2.47 bits per heavy atom. The molecule has 19 heavy (non-hydrogen) atoms. The molecule has 0 aliphatic carbocycles. The van der Waals surface area contributed by atoms with Gasteiger partial charge in [0.25, 0.3) is 5.91 Å². The summed E-state index contributed by atoms with van der Waals surface area (Å²) < 4.78 is 0. The van der Waals surface area contributed by atoms with Gasteiger partial charge in [0.05, 0.1) is 11.4 Å². The zero-order valence-electron chi connectivity index (χ0n) is 12.4. The molecule has 0 saturated heterocycles. The van der Waals surface area contributed by atoms with Crippen molar-refractivity contribution in [2.75, 3.05) is 24.2 Å². The molecule has 0 aliphatic heterocycles. The lowest BCUT2D eigenvalue weighted by molar-refractivity contribution is 0.0956. The topological polar surface area (TPSA) is 58.4 Å². The third-order valence-electron chi connectivity index (χ3n) is 3.50. The summed E-state index contributed by atoms with van der Waals surface area (Å²) in [5, 5.41) is 2.81. The highest BCUT2D eigenvalue weighted by atomic mass is 16.1. The van der Waals surface area contributed by atoms with Crippen molar-refractivity contribution in [3.63, 3.8) is 0 Å². The SMILES string of the molecule is CCNC(=O)c1ccc(N)c(N(C)C(CC)CC)c1. The van der Waals surface area contributed by atoms with Crippen LogP contribution in [0.25, 0.3) is 0 Å². The Labute approximate surface area is 116 Å². The van der Waals surface area contributed by atoms with E-state index in [4.69, 9.17) is 5.73 Å². The molecule has 1 aromatic rings. The molecule has 3 N–H and O–H groups in total. The van der Waals surface area contributed by atoms with Crippen molar-refractivity contribution in [1.29, 1.82) is 0 Å². The van der Waals surface area contributed by atoms with Crippen LogP contribution in [0.3, 0.4) is 0 Å². The van der Waals surface area contributed by atoms with Crippen LogP contribution in [0.2, 0.25) is 0 Å². The van der Waals surface area contributed by atoms with Crippen molar-refractivity contribution >= 4 is 17.3 Å². The predicted molar refractivity (Wildman–Crippen MR) is 81.6 cm³/mol. The van der Waals surface area contributed by atoms with Crippen molar-refractivity contribution in [1.82, 2.24) is 5.32 Å². The highest BCUT2D eigenvalue weighted by Crippen LogP contribution is 2.26. The first-order chi connectivity index (χ1) is 9.04. The maximum atomic E-state index is 11.9. The van der Waals surface area contributed by atoms with Gasteiger partial charge in [-0.3, -0.25) is 4.79 Å². The Morgan fingerprint density at radius 2 is 1.95 bits per heavy atom. The van der Waals surface area contributed by atoms with Crippen LogP contribution in [0.5, 0.6) is 0 Å². The largest absolute Gasteiger partial charge is 0.397 e. The van der Waals surface area contributed by atoms with Crippen LogP contribution in [-0.4, -0.2) is 25.5 Å². The van der Waals surface area contributed by atoms with E-state index in [2.05, 4.69) is 24.1 Å². The molecule has 4 nitrogen and oxygen atoms in total. The van der Waals surface area contributed by atoms with Crippen molar-refractivity contribution in [3.05, 3.63) is 23.8 Å².